The molecule has 0 aliphatic rings. The number of fused-ring (bicyclic) bond motifs is 1. The number of nitrogens with zero attached hydrogens (tertiary/aromatic N) is 2. The molecule has 1 aromatic heterocycles. The van der Waals surface area contributed by atoms with Gasteiger partial charge in [-0.15, -0.1) is 0 Å². The van der Waals surface area contributed by atoms with E-state index in [1.807, 2.05) is 41.0 Å². The normalized spacial score (nSPS) is 11.0. The van der Waals surface area contributed by atoms with Crippen LogP contribution in [0.5, 0.6) is 5.75 Å². The molecule has 108 valence electrons. The van der Waals surface area contributed by atoms with E-state index in [0.717, 1.165) is 22.6 Å². The molecule has 5 heteroatoms. The fourth-order valence-corrected chi connectivity index (χ4v) is 2.39. The number of aromatic nitrogens is 2. The first-order chi connectivity index (χ1) is 10.3. The summed E-state index contributed by atoms with van der Waals surface area (Å²) < 4.78 is 7.72. The van der Waals surface area contributed by atoms with Crippen molar-refractivity contribution < 1.29 is 9.84 Å². The van der Waals surface area contributed by atoms with E-state index in [2.05, 4.69) is 4.98 Å². The minimum absolute atomic E-state index is 0.0638. The Bertz CT molecular complexity index is 738. The third kappa shape index (κ3) is 3.01. The second-order valence-corrected chi connectivity index (χ2v) is 5.07. The summed E-state index contributed by atoms with van der Waals surface area (Å²) in [6.45, 7) is 0.907. The lowest BCUT2D eigenvalue weighted by molar-refractivity contribution is 0.260. The standard InChI is InChI=1S/C16H15ClN2O2/c17-12-5-7-13(8-6-12)21-11-16-18-14-3-1-2-4-15(14)19(16)9-10-20/h1-8,20H,9-11H2. The van der Waals surface area contributed by atoms with Gasteiger partial charge in [0.05, 0.1) is 17.6 Å². The maximum absolute atomic E-state index is 9.23. The van der Waals surface area contributed by atoms with Crippen LogP contribution >= 0.6 is 11.6 Å². The Hall–Kier alpha value is -2.04. The van der Waals surface area contributed by atoms with E-state index in [0.29, 0.717) is 18.2 Å². The van der Waals surface area contributed by atoms with Crippen LogP contribution in [0.3, 0.4) is 0 Å². The maximum atomic E-state index is 9.23. The Morgan fingerprint density at radius 1 is 1.10 bits per heavy atom. The fourth-order valence-electron chi connectivity index (χ4n) is 2.26. The summed E-state index contributed by atoms with van der Waals surface area (Å²) >= 11 is 5.85. The molecule has 0 unspecified atom stereocenters. The average molecular weight is 303 g/mol. The molecule has 0 bridgehead atoms. The SMILES string of the molecule is OCCn1c(COc2ccc(Cl)cc2)nc2ccccc21. The predicted octanol–water partition coefficient (Wildman–Crippen LogP) is 3.26. The van der Waals surface area contributed by atoms with Crippen molar-refractivity contribution in [2.45, 2.75) is 13.2 Å². The van der Waals surface area contributed by atoms with Gasteiger partial charge in [0.25, 0.3) is 0 Å². The van der Waals surface area contributed by atoms with Crippen LogP contribution in [0.1, 0.15) is 5.82 Å². The molecule has 0 spiro atoms. The first-order valence-corrected chi connectivity index (χ1v) is 7.09. The van der Waals surface area contributed by atoms with E-state index in [-0.39, 0.29) is 6.61 Å². The van der Waals surface area contributed by atoms with E-state index in [9.17, 15) is 5.11 Å². The number of ether oxygens (including phenoxy) is 1. The zero-order valence-electron chi connectivity index (χ0n) is 11.4. The largest absolute Gasteiger partial charge is 0.486 e. The van der Waals surface area contributed by atoms with Crippen molar-refractivity contribution in [3.8, 4) is 5.75 Å². The molecule has 21 heavy (non-hydrogen) atoms. The van der Waals surface area contributed by atoms with Gasteiger partial charge in [0, 0.05) is 11.6 Å². The molecule has 0 aliphatic heterocycles. The van der Waals surface area contributed by atoms with Gasteiger partial charge in [-0.25, -0.2) is 4.98 Å². The summed E-state index contributed by atoms with van der Waals surface area (Å²) in [5.41, 5.74) is 1.90. The Kier molecular flexibility index (Phi) is 4.08. The number of para-hydroxylation sites is 2. The van der Waals surface area contributed by atoms with Crippen molar-refractivity contribution in [3.05, 3.63) is 59.4 Å². The number of aliphatic hydroxyl groups is 1. The van der Waals surface area contributed by atoms with E-state index in [1.165, 1.54) is 0 Å². The van der Waals surface area contributed by atoms with Crippen molar-refractivity contribution in [1.82, 2.24) is 9.55 Å². The van der Waals surface area contributed by atoms with Crippen LogP contribution < -0.4 is 4.74 Å². The monoisotopic (exact) mass is 302 g/mol. The lowest BCUT2D eigenvalue weighted by Gasteiger charge is -2.09. The molecule has 3 rings (SSSR count). The molecule has 0 saturated carbocycles. The minimum Gasteiger partial charge on any atom is -0.486 e. The van der Waals surface area contributed by atoms with Crippen molar-refractivity contribution in [1.29, 1.82) is 0 Å². The van der Waals surface area contributed by atoms with Crippen molar-refractivity contribution in [2.24, 2.45) is 0 Å². The van der Waals surface area contributed by atoms with Gasteiger partial charge in [-0.05, 0) is 36.4 Å². The van der Waals surface area contributed by atoms with Crippen molar-refractivity contribution in [3.63, 3.8) is 0 Å². The predicted molar refractivity (Wildman–Crippen MR) is 82.6 cm³/mol. The van der Waals surface area contributed by atoms with E-state index in [1.54, 1.807) is 12.1 Å². The molecule has 0 radical (unpaired) electrons. The number of hydrogen-bond acceptors (Lipinski definition) is 3. The highest BCUT2D eigenvalue weighted by Gasteiger charge is 2.10. The maximum Gasteiger partial charge on any atom is 0.148 e. The van der Waals surface area contributed by atoms with Gasteiger partial charge in [0.2, 0.25) is 0 Å². The number of aliphatic hydroxyl groups excluding tert-OH is 1. The number of benzene rings is 2. The highest BCUT2D eigenvalue weighted by atomic mass is 35.5. The second-order valence-electron chi connectivity index (χ2n) is 4.63. The van der Waals surface area contributed by atoms with Gasteiger partial charge in [-0.2, -0.15) is 0 Å². The molecule has 2 aromatic carbocycles. The molecular weight excluding hydrogens is 288 g/mol. The van der Waals surface area contributed by atoms with Gasteiger partial charge in [0.1, 0.15) is 18.2 Å². The molecular formula is C16H15ClN2O2. The van der Waals surface area contributed by atoms with Crippen LogP contribution in [-0.2, 0) is 13.2 Å². The lowest BCUT2D eigenvalue weighted by atomic mass is 10.3. The first-order valence-electron chi connectivity index (χ1n) is 6.71. The van der Waals surface area contributed by atoms with E-state index >= 15 is 0 Å². The van der Waals surface area contributed by atoms with Crippen LogP contribution in [0.15, 0.2) is 48.5 Å². The second kappa shape index (κ2) is 6.16. The van der Waals surface area contributed by atoms with Gasteiger partial charge in [0.15, 0.2) is 0 Å². The summed E-state index contributed by atoms with van der Waals surface area (Å²) in [7, 11) is 0. The van der Waals surface area contributed by atoms with Gasteiger partial charge in [-0.3, -0.25) is 0 Å². The molecule has 0 atom stereocenters. The Labute approximate surface area is 127 Å². The van der Waals surface area contributed by atoms with Gasteiger partial charge >= 0.3 is 0 Å². The zero-order valence-corrected chi connectivity index (χ0v) is 12.1. The summed E-state index contributed by atoms with van der Waals surface area (Å²) in [5.74, 6) is 1.53. The van der Waals surface area contributed by atoms with Crippen molar-refractivity contribution in [2.75, 3.05) is 6.61 Å². The van der Waals surface area contributed by atoms with Gasteiger partial charge < -0.3 is 14.4 Å². The summed E-state index contributed by atoms with van der Waals surface area (Å²) in [5, 5.41) is 9.91. The molecule has 4 nitrogen and oxygen atoms in total. The summed E-state index contributed by atoms with van der Waals surface area (Å²) in [6.07, 6.45) is 0. The Morgan fingerprint density at radius 3 is 2.62 bits per heavy atom. The summed E-state index contributed by atoms with van der Waals surface area (Å²) in [4.78, 5) is 4.56. The van der Waals surface area contributed by atoms with Crippen molar-refractivity contribution >= 4 is 22.6 Å². The lowest BCUT2D eigenvalue weighted by Crippen LogP contribution is -2.09. The highest BCUT2D eigenvalue weighted by molar-refractivity contribution is 6.30. The first kappa shape index (κ1) is 13.9. The number of halogens is 1. The smallest absolute Gasteiger partial charge is 0.148 e. The Morgan fingerprint density at radius 2 is 1.86 bits per heavy atom. The van der Waals surface area contributed by atoms with Gasteiger partial charge in [-0.1, -0.05) is 23.7 Å². The molecule has 0 fully saturated rings. The van der Waals surface area contributed by atoms with Crippen LogP contribution in [0.2, 0.25) is 5.02 Å². The molecule has 3 aromatic rings. The highest BCUT2D eigenvalue weighted by Crippen LogP contribution is 2.19. The summed E-state index contributed by atoms with van der Waals surface area (Å²) in [6, 6.07) is 15.1. The zero-order chi connectivity index (χ0) is 14.7. The molecule has 0 aliphatic carbocycles. The third-order valence-electron chi connectivity index (χ3n) is 3.24. The molecule has 0 amide bonds. The minimum atomic E-state index is 0.0638. The third-order valence-corrected chi connectivity index (χ3v) is 3.49. The number of rotatable bonds is 5. The number of hydrogen-bond donors (Lipinski definition) is 1. The van der Waals surface area contributed by atoms with Crippen LogP contribution in [0.4, 0.5) is 0 Å². The molecule has 1 N–H and O–H groups in total. The van der Waals surface area contributed by atoms with E-state index < -0.39 is 0 Å². The Balaban J connectivity index is 1.85. The topological polar surface area (TPSA) is 47.3 Å². The van der Waals surface area contributed by atoms with Crippen LogP contribution in [-0.4, -0.2) is 21.3 Å². The molecule has 1 heterocycles. The fraction of sp³-hybridized carbons (Fsp3) is 0.188. The molecule has 0 saturated heterocycles. The average Bonchev–Trinajstić information content (AvgIpc) is 2.85. The van der Waals surface area contributed by atoms with Crippen LogP contribution in [0, 0.1) is 0 Å². The van der Waals surface area contributed by atoms with E-state index in [4.69, 9.17) is 16.3 Å². The van der Waals surface area contributed by atoms with Crippen LogP contribution in [0.25, 0.3) is 11.0 Å². The quantitative estimate of drug-likeness (QED) is 0.787. The number of imidazole rings is 1.